The molecule has 0 radical (unpaired) electrons. The lowest BCUT2D eigenvalue weighted by Crippen LogP contribution is -2.31. The van der Waals surface area contributed by atoms with E-state index in [4.69, 9.17) is 9.72 Å². The molecule has 0 spiro atoms. The van der Waals surface area contributed by atoms with Crippen LogP contribution in [0.15, 0.2) is 65.8 Å². The number of likely N-dealkylation sites (N-methyl/N-ethyl adjacent to an activating group) is 1. The SMILES string of the molecule is C=CCOCc1cccc(-c2nc(Nc3cc(Br)cc(C(=O)NCCN(C)C)c3)ncc2C)c1. The minimum atomic E-state index is -0.132. The molecule has 2 N–H and O–H groups in total. The van der Waals surface area contributed by atoms with Crippen LogP contribution in [0.25, 0.3) is 11.3 Å². The van der Waals surface area contributed by atoms with Crippen LogP contribution >= 0.6 is 15.9 Å². The Labute approximate surface area is 209 Å². The van der Waals surface area contributed by atoms with E-state index in [0.29, 0.717) is 37.0 Å². The summed E-state index contributed by atoms with van der Waals surface area (Å²) in [4.78, 5) is 23.8. The number of aryl methyl sites for hydroxylation is 1. The zero-order chi connectivity index (χ0) is 24.5. The highest BCUT2D eigenvalue weighted by Crippen LogP contribution is 2.26. The number of carbonyl (C=O) groups excluding carboxylic acids is 1. The number of rotatable bonds is 11. The summed E-state index contributed by atoms with van der Waals surface area (Å²) >= 11 is 3.50. The minimum absolute atomic E-state index is 0.132. The van der Waals surface area contributed by atoms with Gasteiger partial charge in [-0.1, -0.05) is 40.2 Å². The first kappa shape index (κ1) is 25.6. The Morgan fingerprint density at radius 3 is 2.82 bits per heavy atom. The lowest BCUT2D eigenvalue weighted by molar-refractivity contribution is 0.0951. The van der Waals surface area contributed by atoms with Gasteiger partial charge in [-0.25, -0.2) is 9.97 Å². The van der Waals surface area contributed by atoms with Crippen LogP contribution in [0.4, 0.5) is 11.6 Å². The number of halogens is 1. The fourth-order valence-corrected chi connectivity index (χ4v) is 3.77. The maximum absolute atomic E-state index is 12.6. The van der Waals surface area contributed by atoms with Crippen LogP contribution in [0, 0.1) is 6.92 Å². The maximum atomic E-state index is 12.6. The summed E-state index contributed by atoms with van der Waals surface area (Å²) in [5, 5.41) is 6.17. The van der Waals surface area contributed by atoms with E-state index in [-0.39, 0.29) is 5.91 Å². The van der Waals surface area contributed by atoms with Crippen molar-refractivity contribution in [3.63, 3.8) is 0 Å². The molecule has 0 aliphatic rings. The third-order valence-electron chi connectivity index (χ3n) is 4.94. The average molecular weight is 524 g/mol. The molecular formula is C26H30BrN5O2. The molecule has 1 amide bonds. The number of hydrogen-bond donors (Lipinski definition) is 2. The second-order valence-corrected chi connectivity index (χ2v) is 9.06. The van der Waals surface area contributed by atoms with Crippen LogP contribution in [0.2, 0.25) is 0 Å². The number of aromatic nitrogens is 2. The molecule has 0 saturated carbocycles. The highest BCUT2D eigenvalue weighted by molar-refractivity contribution is 9.10. The predicted octanol–water partition coefficient (Wildman–Crippen LogP) is 4.95. The van der Waals surface area contributed by atoms with Gasteiger partial charge >= 0.3 is 0 Å². The zero-order valence-corrected chi connectivity index (χ0v) is 21.4. The number of ether oxygens (including phenoxy) is 1. The van der Waals surface area contributed by atoms with Crippen molar-refractivity contribution in [3.05, 3.63) is 82.5 Å². The Kier molecular flexibility index (Phi) is 9.33. The molecule has 34 heavy (non-hydrogen) atoms. The molecule has 1 aromatic heterocycles. The van der Waals surface area contributed by atoms with Gasteiger partial charge in [0.25, 0.3) is 5.91 Å². The Balaban J connectivity index is 1.79. The van der Waals surface area contributed by atoms with Crippen LogP contribution < -0.4 is 10.6 Å². The molecular weight excluding hydrogens is 494 g/mol. The van der Waals surface area contributed by atoms with Gasteiger partial charge in [-0.3, -0.25) is 4.79 Å². The van der Waals surface area contributed by atoms with Crippen LogP contribution in [0.5, 0.6) is 0 Å². The molecule has 0 aliphatic carbocycles. The van der Waals surface area contributed by atoms with E-state index >= 15 is 0 Å². The van der Waals surface area contributed by atoms with E-state index in [1.165, 1.54) is 0 Å². The van der Waals surface area contributed by atoms with Crippen molar-refractivity contribution in [2.75, 3.05) is 39.1 Å². The molecule has 7 nitrogen and oxygen atoms in total. The minimum Gasteiger partial charge on any atom is -0.373 e. The first-order valence-corrected chi connectivity index (χ1v) is 11.8. The van der Waals surface area contributed by atoms with Crippen molar-refractivity contribution in [2.45, 2.75) is 13.5 Å². The molecule has 8 heteroatoms. The number of hydrogen-bond acceptors (Lipinski definition) is 6. The van der Waals surface area contributed by atoms with Crippen LogP contribution in [-0.2, 0) is 11.3 Å². The molecule has 0 atom stereocenters. The fraction of sp³-hybridized carbons (Fsp3) is 0.269. The van der Waals surface area contributed by atoms with Crippen molar-refractivity contribution >= 4 is 33.5 Å². The second kappa shape index (κ2) is 12.4. The Bertz CT molecular complexity index is 1150. The third-order valence-corrected chi connectivity index (χ3v) is 5.40. The Morgan fingerprint density at radius 2 is 2.06 bits per heavy atom. The Hall–Kier alpha value is -3.07. The fourth-order valence-electron chi connectivity index (χ4n) is 3.28. The molecule has 178 valence electrons. The molecule has 2 aromatic carbocycles. The largest absolute Gasteiger partial charge is 0.373 e. The molecule has 1 heterocycles. The van der Waals surface area contributed by atoms with Crippen LogP contribution in [0.1, 0.15) is 21.5 Å². The van der Waals surface area contributed by atoms with E-state index in [2.05, 4.69) is 44.2 Å². The van der Waals surface area contributed by atoms with Crippen molar-refractivity contribution in [1.82, 2.24) is 20.2 Å². The summed E-state index contributed by atoms with van der Waals surface area (Å²) < 4.78 is 6.35. The zero-order valence-electron chi connectivity index (χ0n) is 19.8. The topological polar surface area (TPSA) is 79.4 Å². The lowest BCUT2D eigenvalue weighted by Gasteiger charge is -2.13. The van der Waals surface area contributed by atoms with Crippen LogP contribution in [0.3, 0.4) is 0 Å². The van der Waals surface area contributed by atoms with Gasteiger partial charge in [-0.2, -0.15) is 0 Å². The molecule has 0 saturated heterocycles. The summed E-state index contributed by atoms with van der Waals surface area (Å²) in [5.74, 6) is 0.318. The predicted molar refractivity (Wildman–Crippen MR) is 140 cm³/mol. The Morgan fingerprint density at radius 1 is 1.24 bits per heavy atom. The standard InChI is InChI=1S/C26H30BrN5O2/c1-5-11-34-17-19-7-6-8-20(12-19)24-18(2)16-29-26(31-24)30-23-14-21(13-22(27)15-23)25(33)28-9-10-32(3)4/h5-8,12-16H,1,9-11,17H2,2-4H3,(H,28,33)(H,29,30,31). The monoisotopic (exact) mass is 523 g/mol. The summed E-state index contributed by atoms with van der Waals surface area (Å²) in [6.07, 6.45) is 3.52. The molecule has 0 aliphatic heterocycles. The van der Waals surface area contributed by atoms with E-state index < -0.39 is 0 Å². The van der Waals surface area contributed by atoms with E-state index in [0.717, 1.165) is 33.4 Å². The third kappa shape index (κ3) is 7.48. The summed E-state index contributed by atoms with van der Waals surface area (Å²) in [6.45, 7) is 8.01. The summed E-state index contributed by atoms with van der Waals surface area (Å²) in [7, 11) is 3.94. The van der Waals surface area contributed by atoms with E-state index in [9.17, 15) is 4.79 Å². The van der Waals surface area contributed by atoms with E-state index in [1.807, 2.05) is 50.2 Å². The van der Waals surface area contributed by atoms with E-state index in [1.54, 1.807) is 24.4 Å². The van der Waals surface area contributed by atoms with Crippen LogP contribution in [-0.4, -0.2) is 54.6 Å². The quantitative estimate of drug-likeness (QED) is 0.273. The molecule has 3 aromatic rings. The van der Waals surface area contributed by atoms with Crippen molar-refractivity contribution in [3.8, 4) is 11.3 Å². The highest BCUT2D eigenvalue weighted by atomic mass is 79.9. The molecule has 3 rings (SSSR count). The van der Waals surface area contributed by atoms with Crippen molar-refractivity contribution in [1.29, 1.82) is 0 Å². The van der Waals surface area contributed by atoms with Gasteiger partial charge < -0.3 is 20.3 Å². The van der Waals surface area contributed by atoms with Gasteiger partial charge in [0, 0.05) is 40.6 Å². The number of amides is 1. The van der Waals surface area contributed by atoms with Gasteiger partial charge in [-0.05, 0) is 56.4 Å². The summed E-state index contributed by atoms with van der Waals surface area (Å²) in [6, 6.07) is 13.6. The number of anilines is 2. The molecule has 0 unspecified atom stereocenters. The maximum Gasteiger partial charge on any atom is 0.251 e. The highest BCUT2D eigenvalue weighted by Gasteiger charge is 2.11. The lowest BCUT2D eigenvalue weighted by atomic mass is 10.1. The van der Waals surface area contributed by atoms with Crippen molar-refractivity contribution in [2.24, 2.45) is 0 Å². The summed E-state index contributed by atoms with van der Waals surface area (Å²) in [5.41, 5.74) is 5.11. The normalized spacial score (nSPS) is 10.9. The van der Waals surface area contributed by atoms with Crippen molar-refractivity contribution < 1.29 is 9.53 Å². The molecule has 0 fully saturated rings. The first-order chi connectivity index (χ1) is 16.4. The number of carbonyl (C=O) groups is 1. The number of benzene rings is 2. The smallest absolute Gasteiger partial charge is 0.251 e. The number of nitrogens with zero attached hydrogens (tertiary/aromatic N) is 3. The molecule has 0 bridgehead atoms. The van der Waals surface area contributed by atoms with Gasteiger partial charge in [0.2, 0.25) is 5.95 Å². The van der Waals surface area contributed by atoms with Gasteiger partial charge in [0.15, 0.2) is 0 Å². The van der Waals surface area contributed by atoms with Gasteiger partial charge in [0.05, 0.1) is 18.9 Å². The second-order valence-electron chi connectivity index (χ2n) is 8.14. The van der Waals surface area contributed by atoms with Gasteiger partial charge in [0.1, 0.15) is 0 Å². The number of nitrogens with one attached hydrogen (secondary N) is 2. The van der Waals surface area contributed by atoms with Gasteiger partial charge in [-0.15, -0.1) is 6.58 Å². The average Bonchev–Trinajstić information content (AvgIpc) is 2.80. The first-order valence-electron chi connectivity index (χ1n) is 11.0.